The van der Waals surface area contributed by atoms with Crippen molar-refractivity contribution in [2.24, 2.45) is 0 Å². The molecule has 0 aliphatic heterocycles. The molecule has 5 heteroatoms. The zero-order valence-electron chi connectivity index (χ0n) is 9.22. The Hall–Kier alpha value is -1.23. The fourth-order valence-electron chi connectivity index (χ4n) is 2.15. The number of anilines is 1. The third-order valence-electron chi connectivity index (χ3n) is 3.07. The van der Waals surface area contributed by atoms with E-state index in [1.165, 1.54) is 0 Å². The predicted octanol–water partition coefficient (Wildman–Crippen LogP) is 2.82. The molecule has 0 saturated heterocycles. The first-order chi connectivity index (χ1) is 8.08. The van der Waals surface area contributed by atoms with Gasteiger partial charge in [-0.15, -0.1) is 0 Å². The minimum absolute atomic E-state index is 0.364. The van der Waals surface area contributed by atoms with Crippen molar-refractivity contribution in [2.45, 2.75) is 37.8 Å². The summed E-state index contributed by atoms with van der Waals surface area (Å²) in [5.74, 6) is -2.89. The Morgan fingerprint density at radius 2 is 1.65 bits per heavy atom. The summed E-state index contributed by atoms with van der Waals surface area (Å²) >= 11 is 0. The molecule has 0 aromatic heterocycles. The van der Waals surface area contributed by atoms with E-state index in [0.29, 0.717) is 25.0 Å². The summed E-state index contributed by atoms with van der Waals surface area (Å²) in [6.45, 7) is 0. The molecule has 1 aromatic rings. The Morgan fingerprint density at radius 3 is 2.24 bits per heavy atom. The van der Waals surface area contributed by atoms with E-state index in [-0.39, 0.29) is 11.7 Å². The summed E-state index contributed by atoms with van der Waals surface area (Å²) < 4.78 is 39.4. The van der Waals surface area contributed by atoms with E-state index in [1.54, 1.807) is 0 Å². The van der Waals surface area contributed by atoms with Crippen molar-refractivity contribution in [3.63, 3.8) is 0 Å². The second kappa shape index (κ2) is 4.96. The van der Waals surface area contributed by atoms with E-state index in [9.17, 15) is 18.3 Å². The van der Waals surface area contributed by atoms with Crippen molar-refractivity contribution in [1.29, 1.82) is 0 Å². The maximum Gasteiger partial charge on any atom is 0.152 e. The van der Waals surface area contributed by atoms with Gasteiger partial charge in [0, 0.05) is 12.1 Å². The number of aliphatic hydroxyl groups excluding tert-OH is 1. The summed E-state index contributed by atoms with van der Waals surface area (Å²) in [7, 11) is 0. The SMILES string of the molecule is OC1CCCCC1Nc1c(F)cc(F)cc1F. The van der Waals surface area contributed by atoms with Gasteiger partial charge in [0.25, 0.3) is 0 Å². The van der Waals surface area contributed by atoms with Crippen LogP contribution in [0.25, 0.3) is 0 Å². The molecule has 1 fully saturated rings. The zero-order chi connectivity index (χ0) is 12.4. The van der Waals surface area contributed by atoms with Gasteiger partial charge in [0.1, 0.15) is 11.5 Å². The van der Waals surface area contributed by atoms with Gasteiger partial charge >= 0.3 is 0 Å². The van der Waals surface area contributed by atoms with Gasteiger partial charge in [-0.1, -0.05) is 12.8 Å². The van der Waals surface area contributed by atoms with Gasteiger partial charge in [0.05, 0.1) is 12.1 Å². The summed E-state index contributed by atoms with van der Waals surface area (Å²) in [4.78, 5) is 0. The number of hydrogen-bond acceptors (Lipinski definition) is 2. The van der Waals surface area contributed by atoms with Crippen LogP contribution in [0, 0.1) is 17.5 Å². The second-order valence-corrected chi connectivity index (χ2v) is 4.35. The third kappa shape index (κ3) is 2.72. The van der Waals surface area contributed by atoms with Crippen LogP contribution in [0.4, 0.5) is 18.9 Å². The molecule has 17 heavy (non-hydrogen) atoms. The maximum atomic E-state index is 13.4. The lowest BCUT2D eigenvalue weighted by Gasteiger charge is -2.29. The number of benzene rings is 1. The van der Waals surface area contributed by atoms with Gasteiger partial charge in [-0.05, 0) is 12.8 Å². The Morgan fingerprint density at radius 1 is 1.06 bits per heavy atom. The highest BCUT2D eigenvalue weighted by atomic mass is 19.1. The van der Waals surface area contributed by atoms with E-state index in [2.05, 4.69) is 5.32 Å². The van der Waals surface area contributed by atoms with E-state index < -0.39 is 23.6 Å². The standard InChI is InChI=1S/C12H14F3NO/c13-7-5-8(14)12(9(15)6-7)16-10-3-1-2-4-11(10)17/h5-6,10-11,16-17H,1-4H2. The molecule has 0 amide bonds. The summed E-state index contributed by atoms with van der Waals surface area (Å²) in [5, 5.41) is 12.3. The van der Waals surface area contributed by atoms with Crippen molar-refractivity contribution in [1.82, 2.24) is 0 Å². The first-order valence-corrected chi connectivity index (χ1v) is 5.67. The van der Waals surface area contributed by atoms with Crippen LogP contribution in [0.5, 0.6) is 0 Å². The molecule has 94 valence electrons. The second-order valence-electron chi connectivity index (χ2n) is 4.35. The highest BCUT2D eigenvalue weighted by molar-refractivity contribution is 5.47. The molecule has 0 heterocycles. The fourth-order valence-corrected chi connectivity index (χ4v) is 2.15. The van der Waals surface area contributed by atoms with Gasteiger partial charge in [0.15, 0.2) is 11.6 Å². The van der Waals surface area contributed by atoms with Crippen LogP contribution in [-0.2, 0) is 0 Å². The van der Waals surface area contributed by atoms with Gasteiger partial charge in [-0.2, -0.15) is 0 Å². The normalized spacial score (nSPS) is 24.7. The molecule has 0 radical (unpaired) electrons. The number of hydrogen-bond donors (Lipinski definition) is 2. The van der Waals surface area contributed by atoms with Gasteiger partial charge in [-0.3, -0.25) is 0 Å². The van der Waals surface area contributed by atoms with Crippen molar-refractivity contribution in [2.75, 3.05) is 5.32 Å². The first-order valence-electron chi connectivity index (χ1n) is 5.67. The molecule has 1 aliphatic carbocycles. The fraction of sp³-hybridized carbons (Fsp3) is 0.500. The van der Waals surface area contributed by atoms with Crippen molar-refractivity contribution in [3.05, 3.63) is 29.6 Å². The van der Waals surface area contributed by atoms with E-state index in [0.717, 1.165) is 12.8 Å². The molecule has 2 atom stereocenters. The average Bonchev–Trinajstić information content (AvgIpc) is 2.25. The molecule has 1 saturated carbocycles. The van der Waals surface area contributed by atoms with Crippen LogP contribution in [0.3, 0.4) is 0 Å². The van der Waals surface area contributed by atoms with Crippen LogP contribution in [0.2, 0.25) is 0 Å². The monoisotopic (exact) mass is 245 g/mol. The molecule has 2 nitrogen and oxygen atoms in total. The summed E-state index contributed by atoms with van der Waals surface area (Å²) in [6.07, 6.45) is 2.46. The van der Waals surface area contributed by atoms with E-state index in [4.69, 9.17) is 0 Å². The predicted molar refractivity (Wildman–Crippen MR) is 58.2 cm³/mol. The highest BCUT2D eigenvalue weighted by Gasteiger charge is 2.25. The van der Waals surface area contributed by atoms with Crippen molar-refractivity contribution >= 4 is 5.69 Å². The summed E-state index contributed by atoms with van der Waals surface area (Å²) in [5.41, 5.74) is -0.364. The minimum Gasteiger partial charge on any atom is -0.391 e. The Balaban J connectivity index is 2.17. The Bertz CT molecular complexity index is 388. The number of nitrogens with one attached hydrogen (secondary N) is 1. The van der Waals surface area contributed by atoms with Crippen molar-refractivity contribution < 1.29 is 18.3 Å². The van der Waals surface area contributed by atoms with Crippen LogP contribution in [-0.4, -0.2) is 17.3 Å². The summed E-state index contributed by atoms with van der Waals surface area (Å²) in [6, 6.07) is 0.875. The Labute approximate surface area is 97.5 Å². The van der Waals surface area contributed by atoms with Gasteiger partial charge in [0.2, 0.25) is 0 Å². The van der Waals surface area contributed by atoms with E-state index >= 15 is 0 Å². The molecule has 2 rings (SSSR count). The third-order valence-corrected chi connectivity index (χ3v) is 3.07. The van der Waals surface area contributed by atoms with Gasteiger partial charge < -0.3 is 10.4 Å². The number of aliphatic hydroxyl groups is 1. The molecule has 1 aromatic carbocycles. The van der Waals surface area contributed by atoms with Crippen LogP contribution >= 0.6 is 0 Å². The topological polar surface area (TPSA) is 32.3 Å². The molecule has 1 aliphatic rings. The molecule has 2 unspecified atom stereocenters. The number of halogens is 3. The van der Waals surface area contributed by atoms with Crippen molar-refractivity contribution in [3.8, 4) is 0 Å². The lowest BCUT2D eigenvalue weighted by molar-refractivity contribution is 0.116. The van der Waals surface area contributed by atoms with Crippen LogP contribution < -0.4 is 5.32 Å². The van der Waals surface area contributed by atoms with Crippen LogP contribution in [0.15, 0.2) is 12.1 Å². The molecule has 0 spiro atoms. The Kier molecular flexibility index (Phi) is 3.57. The first kappa shape index (κ1) is 12.2. The lowest BCUT2D eigenvalue weighted by Crippen LogP contribution is -2.36. The maximum absolute atomic E-state index is 13.4. The molecular weight excluding hydrogens is 231 g/mol. The van der Waals surface area contributed by atoms with Gasteiger partial charge in [-0.25, -0.2) is 13.2 Å². The zero-order valence-corrected chi connectivity index (χ0v) is 9.22. The van der Waals surface area contributed by atoms with E-state index in [1.807, 2.05) is 0 Å². The minimum atomic E-state index is -0.972. The lowest BCUT2D eigenvalue weighted by atomic mass is 9.92. The molecule has 2 N–H and O–H groups in total. The molecule has 0 bridgehead atoms. The largest absolute Gasteiger partial charge is 0.391 e. The quantitative estimate of drug-likeness (QED) is 0.839. The highest BCUT2D eigenvalue weighted by Crippen LogP contribution is 2.26. The van der Waals surface area contributed by atoms with Crippen LogP contribution in [0.1, 0.15) is 25.7 Å². The molecular formula is C12H14F3NO. The average molecular weight is 245 g/mol. The number of rotatable bonds is 2. The smallest absolute Gasteiger partial charge is 0.152 e.